The van der Waals surface area contributed by atoms with Crippen LogP contribution in [0.3, 0.4) is 0 Å². The van der Waals surface area contributed by atoms with Crippen LogP contribution in [0.5, 0.6) is 0 Å². The molecule has 2 heterocycles. The fourth-order valence-corrected chi connectivity index (χ4v) is 3.22. The van der Waals surface area contributed by atoms with E-state index in [1.807, 2.05) is 48.5 Å². The van der Waals surface area contributed by atoms with Crippen LogP contribution in [0.2, 0.25) is 0 Å². The summed E-state index contributed by atoms with van der Waals surface area (Å²) in [4.78, 5) is 16.5. The molecule has 26 heavy (non-hydrogen) atoms. The van der Waals surface area contributed by atoms with Crippen LogP contribution in [0.15, 0.2) is 59.0 Å². The topological polar surface area (TPSA) is 63.3 Å². The van der Waals surface area contributed by atoms with Gasteiger partial charge in [0.25, 0.3) is 0 Å². The molecule has 0 amide bonds. The van der Waals surface area contributed by atoms with Crippen LogP contribution >= 0.6 is 0 Å². The molecule has 1 N–H and O–H groups in total. The largest absolute Gasteiger partial charge is 0.478 e. The molecule has 0 radical (unpaired) electrons. The lowest BCUT2D eigenvalue weighted by Crippen LogP contribution is -2.01. The lowest BCUT2D eigenvalue weighted by atomic mass is 10.0. The molecular formula is C22H19NO3. The van der Waals surface area contributed by atoms with Crippen molar-refractivity contribution in [3.05, 3.63) is 65.7 Å². The van der Waals surface area contributed by atoms with Crippen LogP contribution in [0.4, 0.5) is 0 Å². The van der Waals surface area contributed by atoms with Gasteiger partial charge in [0, 0.05) is 10.8 Å². The van der Waals surface area contributed by atoms with Gasteiger partial charge in [-0.3, -0.25) is 0 Å². The number of hydrogen-bond acceptors (Lipinski definition) is 3. The van der Waals surface area contributed by atoms with Crippen LogP contribution < -0.4 is 0 Å². The number of aromatic carboxylic acids is 1. The number of carboxylic acid groups (broad SMARTS) is 1. The normalized spacial score (nSPS) is 11.3. The number of pyridine rings is 1. The Morgan fingerprint density at radius 3 is 2.73 bits per heavy atom. The monoisotopic (exact) mass is 345 g/mol. The van der Waals surface area contributed by atoms with Crippen molar-refractivity contribution in [2.75, 3.05) is 0 Å². The Morgan fingerprint density at radius 2 is 1.96 bits per heavy atom. The molecule has 4 nitrogen and oxygen atoms in total. The van der Waals surface area contributed by atoms with Gasteiger partial charge in [-0.2, -0.15) is 0 Å². The molecule has 0 saturated carbocycles. The number of hydrogen-bond donors (Lipinski definition) is 1. The number of furan rings is 1. The molecule has 2 aromatic heterocycles. The molecule has 0 spiro atoms. The number of nitrogens with zero attached hydrogens (tertiary/aromatic N) is 1. The van der Waals surface area contributed by atoms with Crippen LogP contribution in [0.25, 0.3) is 33.3 Å². The number of benzene rings is 2. The van der Waals surface area contributed by atoms with Crippen molar-refractivity contribution in [2.24, 2.45) is 0 Å². The molecule has 0 atom stereocenters. The van der Waals surface area contributed by atoms with Crippen molar-refractivity contribution < 1.29 is 14.3 Å². The molecule has 130 valence electrons. The number of fused-ring (bicyclic) bond motifs is 2. The summed E-state index contributed by atoms with van der Waals surface area (Å²) in [6.45, 7) is 2.14. The first-order valence-electron chi connectivity index (χ1n) is 8.81. The fraction of sp³-hybridized carbons (Fsp3) is 0.182. The Balaban J connectivity index is 1.87. The lowest BCUT2D eigenvalue weighted by molar-refractivity contribution is 0.0699. The maximum absolute atomic E-state index is 11.8. The summed E-state index contributed by atoms with van der Waals surface area (Å²) in [5, 5.41) is 11.3. The number of carboxylic acids is 1. The van der Waals surface area contributed by atoms with Gasteiger partial charge in [0.15, 0.2) is 5.76 Å². The van der Waals surface area contributed by atoms with Crippen molar-refractivity contribution in [3.8, 4) is 11.5 Å². The predicted molar refractivity (Wildman–Crippen MR) is 103 cm³/mol. The van der Waals surface area contributed by atoms with E-state index in [-0.39, 0.29) is 5.56 Å². The number of aromatic nitrogens is 1. The highest BCUT2D eigenvalue weighted by Crippen LogP contribution is 2.30. The molecule has 0 aliphatic rings. The van der Waals surface area contributed by atoms with Gasteiger partial charge in [-0.1, -0.05) is 37.6 Å². The highest BCUT2D eigenvalue weighted by molar-refractivity contribution is 6.04. The first-order valence-corrected chi connectivity index (χ1v) is 8.81. The van der Waals surface area contributed by atoms with E-state index in [0.717, 1.165) is 35.8 Å². The van der Waals surface area contributed by atoms with E-state index >= 15 is 0 Å². The van der Waals surface area contributed by atoms with E-state index in [1.165, 1.54) is 0 Å². The third kappa shape index (κ3) is 2.94. The summed E-state index contributed by atoms with van der Waals surface area (Å²) in [6, 6.07) is 17.1. The van der Waals surface area contributed by atoms with Crippen molar-refractivity contribution in [1.82, 2.24) is 4.98 Å². The predicted octanol–water partition coefficient (Wildman–Crippen LogP) is 5.69. The molecule has 4 heteroatoms. The molecule has 0 bridgehead atoms. The minimum Gasteiger partial charge on any atom is -0.478 e. The summed E-state index contributed by atoms with van der Waals surface area (Å²) >= 11 is 0. The molecule has 0 aliphatic carbocycles. The standard InChI is InChI=1S/C22H19NO3/c1-2-3-6-14-9-10-18-16(11-14)17(22(24)25)13-19(23-18)21-12-15-7-4-5-8-20(15)26-21/h4-5,7-13H,2-3,6H2,1H3,(H,24,25). The zero-order valence-electron chi connectivity index (χ0n) is 14.5. The number of aryl methyl sites for hydroxylation is 1. The van der Waals surface area contributed by atoms with E-state index < -0.39 is 5.97 Å². The van der Waals surface area contributed by atoms with Crippen molar-refractivity contribution in [1.29, 1.82) is 0 Å². The fourth-order valence-electron chi connectivity index (χ4n) is 3.22. The highest BCUT2D eigenvalue weighted by atomic mass is 16.4. The SMILES string of the molecule is CCCCc1ccc2nc(-c3cc4ccccc4o3)cc(C(=O)O)c2c1. The molecule has 0 saturated heterocycles. The Morgan fingerprint density at radius 1 is 1.12 bits per heavy atom. The van der Waals surface area contributed by atoms with E-state index in [4.69, 9.17) is 4.42 Å². The van der Waals surface area contributed by atoms with Crippen LogP contribution in [-0.4, -0.2) is 16.1 Å². The zero-order valence-corrected chi connectivity index (χ0v) is 14.5. The van der Waals surface area contributed by atoms with Gasteiger partial charge < -0.3 is 9.52 Å². The van der Waals surface area contributed by atoms with Crippen molar-refractivity contribution in [2.45, 2.75) is 26.2 Å². The average Bonchev–Trinajstić information content (AvgIpc) is 3.09. The molecular weight excluding hydrogens is 326 g/mol. The lowest BCUT2D eigenvalue weighted by Gasteiger charge is -2.08. The molecule has 4 rings (SSSR count). The number of unbranched alkanes of at least 4 members (excludes halogenated alkanes) is 1. The van der Waals surface area contributed by atoms with E-state index in [2.05, 4.69) is 11.9 Å². The minimum atomic E-state index is -0.956. The van der Waals surface area contributed by atoms with Gasteiger partial charge in [0.1, 0.15) is 11.3 Å². The van der Waals surface area contributed by atoms with Gasteiger partial charge in [-0.25, -0.2) is 9.78 Å². The average molecular weight is 345 g/mol. The Kier molecular flexibility index (Phi) is 4.17. The number of para-hydroxylation sites is 1. The first-order chi connectivity index (χ1) is 12.7. The number of carbonyl (C=O) groups is 1. The van der Waals surface area contributed by atoms with Crippen LogP contribution in [0.1, 0.15) is 35.7 Å². The smallest absolute Gasteiger partial charge is 0.336 e. The first kappa shape index (κ1) is 16.3. The summed E-state index contributed by atoms with van der Waals surface area (Å²) in [7, 11) is 0. The van der Waals surface area contributed by atoms with E-state index in [0.29, 0.717) is 22.4 Å². The van der Waals surface area contributed by atoms with Gasteiger partial charge in [-0.15, -0.1) is 0 Å². The molecule has 0 aliphatic heterocycles. The number of rotatable bonds is 5. The van der Waals surface area contributed by atoms with Crippen LogP contribution in [0, 0.1) is 0 Å². The summed E-state index contributed by atoms with van der Waals surface area (Å²) < 4.78 is 5.86. The minimum absolute atomic E-state index is 0.254. The summed E-state index contributed by atoms with van der Waals surface area (Å²) in [5.74, 6) is -0.381. The van der Waals surface area contributed by atoms with E-state index in [9.17, 15) is 9.90 Å². The Labute approximate surface area is 151 Å². The summed E-state index contributed by atoms with van der Waals surface area (Å²) in [6.07, 6.45) is 3.13. The maximum atomic E-state index is 11.8. The van der Waals surface area contributed by atoms with Crippen molar-refractivity contribution >= 4 is 27.8 Å². The van der Waals surface area contributed by atoms with Crippen LogP contribution in [-0.2, 0) is 6.42 Å². The second-order valence-corrected chi connectivity index (χ2v) is 6.46. The second-order valence-electron chi connectivity index (χ2n) is 6.46. The third-order valence-corrected chi connectivity index (χ3v) is 4.60. The summed E-state index contributed by atoms with van der Waals surface area (Å²) in [5.41, 5.74) is 3.35. The molecule has 0 unspecified atom stereocenters. The molecule has 4 aromatic rings. The van der Waals surface area contributed by atoms with Gasteiger partial charge in [0.05, 0.1) is 11.1 Å². The maximum Gasteiger partial charge on any atom is 0.336 e. The van der Waals surface area contributed by atoms with E-state index in [1.54, 1.807) is 6.07 Å². The van der Waals surface area contributed by atoms with Crippen molar-refractivity contribution in [3.63, 3.8) is 0 Å². The molecule has 2 aromatic carbocycles. The Bertz CT molecular complexity index is 1080. The highest BCUT2D eigenvalue weighted by Gasteiger charge is 2.16. The molecule has 0 fully saturated rings. The quantitative estimate of drug-likeness (QED) is 0.505. The van der Waals surface area contributed by atoms with Gasteiger partial charge in [0.2, 0.25) is 0 Å². The third-order valence-electron chi connectivity index (χ3n) is 4.60. The Hall–Kier alpha value is -3.14. The van der Waals surface area contributed by atoms with Gasteiger partial charge in [-0.05, 0) is 48.7 Å². The zero-order chi connectivity index (χ0) is 18.1. The van der Waals surface area contributed by atoms with Gasteiger partial charge >= 0.3 is 5.97 Å². The second kappa shape index (κ2) is 6.64.